The van der Waals surface area contributed by atoms with Gasteiger partial charge in [-0.3, -0.25) is 9.69 Å². The van der Waals surface area contributed by atoms with E-state index in [-0.39, 0.29) is 30.0 Å². The molecule has 0 spiro atoms. The molecule has 1 aromatic carbocycles. The average molecular weight is 605 g/mol. The van der Waals surface area contributed by atoms with Crippen molar-refractivity contribution in [2.75, 3.05) is 33.4 Å². The van der Waals surface area contributed by atoms with Crippen LogP contribution in [0.2, 0.25) is 0 Å². The summed E-state index contributed by atoms with van der Waals surface area (Å²) in [5, 5.41) is 0. The fraction of sp³-hybridized carbons (Fsp3) is 0.636. The van der Waals surface area contributed by atoms with Gasteiger partial charge in [0.15, 0.2) is 0 Å². The van der Waals surface area contributed by atoms with E-state index < -0.39 is 12.7 Å². The maximum atomic E-state index is 12.9. The number of alkyl halides is 3. The summed E-state index contributed by atoms with van der Waals surface area (Å²) in [6.07, 6.45) is 4.84. The number of rotatable bonds is 12. The van der Waals surface area contributed by atoms with E-state index >= 15 is 0 Å². The zero-order valence-electron chi connectivity index (χ0n) is 25.1. The van der Waals surface area contributed by atoms with Crippen LogP contribution in [-0.2, 0) is 9.53 Å². The van der Waals surface area contributed by atoms with Crippen LogP contribution in [0.5, 0.6) is 17.4 Å². The van der Waals surface area contributed by atoms with E-state index in [0.29, 0.717) is 56.5 Å². The number of carbonyl (C=O) groups excluding carboxylic acids is 1. The molecule has 0 amide bonds. The first-order valence-corrected chi connectivity index (χ1v) is 15.6. The van der Waals surface area contributed by atoms with E-state index in [2.05, 4.69) is 4.98 Å². The molecule has 0 N–H and O–H groups in total. The fourth-order valence-corrected chi connectivity index (χ4v) is 6.53. The van der Waals surface area contributed by atoms with E-state index in [0.717, 1.165) is 55.4 Å². The fourth-order valence-electron chi connectivity index (χ4n) is 6.53. The molecule has 1 aliphatic heterocycles. The molecule has 0 radical (unpaired) electrons. The van der Waals surface area contributed by atoms with Gasteiger partial charge in [-0.25, -0.2) is 4.98 Å². The molecule has 0 bridgehead atoms. The highest BCUT2D eigenvalue weighted by molar-refractivity contribution is 5.70. The summed E-state index contributed by atoms with van der Waals surface area (Å²) in [7, 11) is 1.61. The minimum Gasteiger partial charge on any atom is -0.497 e. The molecular formula is C33H43F3N2O5. The normalized spacial score (nSPS) is 22.5. The number of likely N-dealkylation sites (tertiary alicyclic amines) is 1. The van der Waals surface area contributed by atoms with Gasteiger partial charge in [0, 0.05) is 18.3 Å². The number of carbonyl (C=O) groups is 1. The van der Waals surface area contributed by atoms with Crippen molar-refractivity contribution in [2.24, 2.45) is 5.92 Å². The summed E-state index contributed by atoms with van der Waals surface area (Å²) in [5.74, 6) is 2.66. The van der Waals surface area contributed by atoms with Crippen LogP contribution in [0.1, 0.15) is 87.7 Å². The standard InChI is InChI=1S/C33H43F3N2O5/c1-3-41-32(39)20-29(22-4-5-22)24-12-15-37-31(18-24)43-26-8-6-25(7-9-26)42-30-19-27(40-2)10-11-28(30)23-13-16-38(17-14-23)21-33(34,35)36/h10-12,15,18-19,22-23,25-26,29H,3-9,13-14,16-17,20-21H2,1-2H3/t25-,26-,29?. The highest BCUT2D eigenvalue weighted by Crippen LogP contribution is 2.45. The number of hydrogen-bond donors (Lipinski definition) is 0. The third-order valence-corrected chi connectivity index (χ3v) is 8.92. The number of piperidine rings is 1. The lowest BCUT2D eigenvalue weighted by Gasteiger charge is -2.34. The molecule has 2 saturated carbocycles. The van der Waals surface area contributed by atoms with Gasteiger partial charge in [0.1, 0.15) is 17.6 Å². The second kappa shape index (κ2) is 14.2. The monoisotopic (exact) mass is 604 g/mol. The molecule has 43 heavy (non-hydrogen) atoms. The first-order chi connectivity index (χ1) is 20.7. The first-order valence-electron chi connectivity index (χ1n) is 15.6. The van der Waals surface area contributed by atoms with Crippen molar-refractivity contribution in [2.45, 2.75) is 94.9 Å². The van der Waals surface area contributed by atoms with E-state index in [1.54, 1.807) is 13.3 Å². The summed E-state index contributed by atoms with van der Waals surface area (Å²) in [6, 6.07) is 9.76. The Bertz CT molecular complexity index is 1210. The molecule has 1 aromatic heterocycles. The zero-order chi connectivity index (χ0) is 30.4. The Balaban J connectivity index is 1.16. The van der Waals surface area contributed by atoms with Gasteiger partial charge in [-0.2, -0.15) is 13.2 Å². The van der Waals surface area contributed by atoms with Gasteiger partial charge < -0.3 is 18.9 Å². The SMILES string of the molecule is CCOC(=O)CC(c1ccnc(O[C@H]2CC[C@H](Oc3cc(OC)ccc3C3CCN(CC(F)(F)F)CC3)CC2)c1)C1CC1. The summed E-state index contributed by atoms with van der Waals surface area (Å²) < 4.78 is 62.1. The molecule has 5 rings (SSSR count). The van der Waals surface area contributed by atoms with E-state index in [9.17, 15) is 18.0 Å². The third kappa shape index (κ3) is 9.00. The minimum atomic E-state index is -4.17. The lowest BCUT2D eigenvalue weighted by Crippen LogP contribution is -2.39. The largest absolute Gasteiger partial charge is 0.497 e. The Kier molecular flexibility index (Phi) is 10.4. The van der Waals surface area contributed by atoms with Crippen molar-refractivity contribution in [1.82, 2.24) is 9.88 Å². The van der Waals surface area contributed by atoms with Gasteiger partial charge in [0.25, 0.3) is 0 Å². The van der Waals surface area contributed by atoms with Crippen LogP contribution in [0.25, 0.3) is 0 Å². The molecule has 3 aliphatic rings. The van der Waals surface area contributed by atoms with E-state index in [4.69, 9.17) is 18.9 Å². The van der Waals surface area contributed by atoms with Crippen molar-refractivity contribution in [3.8, 4) is 17.4 Å². The van der Waals surface area contributed by atoms with Gasteiger partial charge in [-0.05, 0) is 112 Å². The van der Waals surface area contributed by atoms with Crippen molar-refractivity contribution >= 4 is 5.97 Å². The molecular weight excluding hydrogens is 561 g/mol. The van der Waals surface area contributed by atoms with Gasteiger partial charge in [0.2, 0.25) is 5.88 Å². The van der Waals surface area contributed by atoms with Crippen LogP contribution in [0.4, 0.5) is 13.2 Å². The second-order valence-corrected chi connectivity index (χ2v) is 12.1. The zero-order valence-corrected chi connectivity index (χ0v) is 25.1. The van der Waals surface area contributed by atoms with Crippen molar-refractivity contribution < 1.29 is 36.9 Å². The Morgan fingerprint density at radius 2 is 1.67 bits per heavy atom. The lowest BCUT2D eigenvalue weighted by molar-refractivity contribution is -0.148. The molecule has 1 unspecified atom stereocenters. The van der Waals surface area contributed by atoms with Gasteiger partial charge >= 0.3 is 12.1 Å². The molecule has 10 heteroatoms. The summed E-state index contributed by atoms with van der Waals surface area (Å²) in [5.41, 5.74) is 2.12. The maximum Gasteiger partial charge on any atom is 0.401 e. The summed E-state index contributed by atoms with van der Waals surface area (Å²) in [6.45, 7) is 2.18. The summed E-state index contributed by atoms with van der Waals surface area (Å²) in [4.78, 5) is 18.1. The molecule has 1 saturated heterocycles. The van der Waals surface area contributed by atoms with Crippen molar-refractivity contribution in [1.29, 1.82) is 0 Å². The first kappa shape index (κ1) is 31.4. The lowest BCUT2D eigenvalue weighted by atomic mass is 9.88. The smallest absolute Gasteiger partial charge is 0.401 e. The molecule has 1 atom stereocenters. The average Bonchev–Trinajstić information content (AvgIpc) is 3.82. The molecule has 2 heterocycles. The molecule has 2 aliphatic carbocycles. The number of aromatic nitrogens is 1. The van der Waals surface area contributed by atoms with Crippen LogP contribution >= 0.6 is 0 Å². The minimum absolute atomic E-state index is 0.0131. The van der Waals surface area contributed by atoms with Crippen LogP contribution in [0.3, 0.4) is 0 Å². The predicted octanol–water partition coefficient (Wildman–Crippen LogP) is 7.05. The Morgan fingerprint density at radius 1 is 0.977 bits per heavy atom. The number of benzene rings is 1. The second-order valence-electron chi connectivity index (χ2n) is 12.1. The highest BCUT2D eigenvalue weighted by atomic mass is 19.4. The molecule has 2 aromatic rings. The quantitative estimate of drug-likeness (QED) is 0.241. The number of halogens is 3. The van der Waals surface area contributed by atoms with Crippen molar-refractivity contribution in [3.63, 3.8) is 0 Å². The van der Waals surface area contributed by atoms with Gasteiger partial charge in [0.05, 0.1) is 32.8 Å². The number of esters is 1. The Labute approximate surface area is 252 Å². The maximum absolute atomic E-state index is 12.9. The number of pyridine rings is 1. The topological polar surface area (TPSA) is 70.1 Å². The third-order valence-electron chi connectivity index (χ3n) is 8.92. The van der Waals surface area contributed by atoms with Crippen LogP contribution < -0.4 is 14.2 Å². The number of nitrogens with zero attached hydrogens (tertiary/aromatic N) is 2. The summed E-state index contributed by atoms with van der Waals surface area (Å²) >= 11 is 0. The van der Waals surface area contributed by atoms with Crippen LogP contribution in [0, 0.1) is 5.92 Å². The van der Waals surface area contributed by atoms with Crippen molar-refractivity contribution in [3.05, 3.63) is 47.7 Å². The van der Waals surface area contributed by atoms with Gasteiger partial charge in [-0.1, -0.05) is 6.07 Å². The molecule has 236 valence electrons. The molecule has 7 nitrogen and oxygen atoms in total. The van der Waals surface area contributed by atoms with Crippen LogP contribution in [-0.4, -0.2) is 67.6 Å². The Hall–Kier alpha value is -3.01. The number of methoxy groups -OCH3 is 1. The Morgan fingerprint density at radius 3 is 2.30 bits per heavy atom. The predicted molar refractivity (Wildman–Crippen MR) is 156 cm³/mol. The number of ether oxygens (including phenoxy) is 4. The van der Waals surface area contributed by atoms with E-state index in [1.807, 2.05) is 37.3 Å². The molecule has 3 fully saturated rings. The van der Waals surface area contributed by atoms with Gasteiger partial charge in [-0.15, -0.1) is 0 Å². The number of hydrogen-bond acceptors (Lipinski definition) is 7. The van der Waals surface area contributed by atoms with Crippen LogP contribution in [0.15, 0.2) is 36.5 Å². The highest BCUT2D eigenvalue weighted by Gasteiger charge is 2.35. The van der Waals surface area contributed by atoms with E-state index in [1.165, 1.54) is 4.90 Å².